The molecule has 0 spiro atoms. The molecule has 0 unspecified atom stereocenters. The standard InChI is InChI=1S/C26H20ClNO5S/c1-16-5-3-4-6-19(16)15-28-24(29)23(34-26(28)31)14-17-7-12-22(21(27)13-17)33-25(30)18-8-10-20(32-2)11-9-18/h3-14H,15H2,1-2H3/b23-14-. The van der Waals surface area contributed by atoms with Crippen molar-refractivity contribution in [3.63, 3.8) is 0 Å². The van der Waals surface area contributed by atoms with Crippen LogP contribution in [-0.2, 0) is 11.3 Å². The number of carbonyl (C=O) groups excluding carboxylic acids is 3. The van der Waals surface area contributed by atoms with E-state index in [0.717, 1.165) is 22.9 Å². The van der Waals surface area contributed by atoms with Crippen LogP contribution in [-0.4, -0.2) is 29.1 Å². The number of imide groups is 1. The zero-order chi connectivity index (χ0) is 24.2. The van der Waals surface area contributed by atoms with E-state index >= 15 is 0 Å². The Hall–Kier alpha value is -3.55. The molecule has 1 fully saturated rings. The lowest BCUT2D eigenvalue weighted by Gasteiger charge is -2.14. The minimum Gasteiger partial charge on any atom is -0.497 e. The van der Waals surface area contributed by atoms with Crippen molar-refractivity contribution in [2.45, 2.75) is 13.5 Å². The van der Waals surface area contributed by atoms with E-state index in [0.29, 0.717) is 21.8 Å². The Morgan fingerprint density at radius 3 is 2.47 bits per heavy atom. The number of ether oxygens (including phenoxy) is 2. The molecule has 0 saturated carbocycles. The molecule has 3 aromatic rings. The summed E-state index contributed by atoms with van der Waals surface area (Å²) in [5.41, 5.74) is 2.88. The summed E-state index contributed by atoms with van der Waals surface area (Å²) in [6.45, 7) is 2.16. The number of thioether (sulfide) groups is 1. The smallest absolute Gasteiger partial charge is 0.343 e. The number of methoxy groups -OCH3 is 1. The maximum Gasteiger partial charge on any atom is 0.343 e. The van der Waals surface area contributed by atoms with E-state index in [1.165, 1.54) is 4.90 Å². The summed E-state index contributed by atoms with van der Waals surface area (Å²) in [6.07, 6.45) is 1.60. The average Bonchev–Trinajstić information content (AvgIpc) is 3.09. The van der Waals surface area contributed by atoms with Gasteiger partial charge < -0.3 is 9.47 Å². The van der Waals surface area contributed by atoms with E-state index in [9.17, 15) is 14.4 Å². The third-order valence-electron chi connectivity index (χ3n) is 5.25. The number of carbonyl (C=O) groups is 3. The number of halogens is 1. The van der Waals surface area contributed by atoms with Crippen LogP contribution in [0, 0.1) is 6.92 Å². The predicted molar refractivity (Wildman–Crippen MR) is 132 cm³/mol. The van der Waals surface area contributed by atoms with Gasteiger partial charge in [0, 0.05) is 0 Å². The summed E-state index contributed by atoms with van der Waals surface area (Å²) in [5.74, 6) is -0.103. The van der Waals surface area contributed by atoms with Gasteiger partial charge in [-0.3, -0.25) is 14.5 Å². The lowest BCUT2D eigenvalue weighted by Crippen LogP contribution is -2.27. The van der Waals surface area contributed by atoms with Crippen molar-refractivity contribution < 1.29 is 23.9 Å². The van der Waals surface area contributed by atoms with Gasteiger partial charge in [-0.15, -0.1) is 0 Å². The fourth-order valence-electron chi connectivity index (χ4n) is 3.32. The second kappa shape index (κ2) is 10.2. The van der Waals surface area contributed by atoms with Gasteiger partial charge in [0.15, 0.2) is 0 Å². The molecule has 1 aliphatic rings. The highest BCUT2D eigenvalue weighted by molar-refractivity contribution is 8.18. The van der Waals surface area contributed by atoms with Gasteiger partial charge in [-0.2, -0.15) is 0 Å². The maximum absolute atomic E-state index is 12.8. The lowest BCUT2D eigenvalue weighted by atomic mass is 10.1. The van der Waals surface area contributed by atoms with Crippen LogP contribution in [0.25, 0.3) is 6.08 Å². The van der Waals surface area contributed by atoms with Crippen molar-refractivity contribution in [1.82, 2.24) is 4.90 Å². The van der Waals surface area contributed by atoms with Crippen molar-refractivity contribution in [2.75, 3.05) is 7.11 Å². The van der Waals surface area contributed by atoms with Gasteiger partial charge in [0.2, 0.25) is 0 Å². The predicted octanol–water partition coefficient (Wildman–Crippen LogP) is 6.11. The van der Waals surface area contributed by atoms with Crippen molar-refractivity contribution in [3.05, 3.63) is 98.9 Å². The quantitative estimate of drug-likeness (QED) is 0.234. The molecule has 0 N–H and O–H groups in total. The number of benzene rings is 3. The Bertz CT molecular complexity index is 1300. The SMILES string of the molecule is COc1ccc(C(=O)Oc2ccc(/C=C3\SC(=O)N(Cc4ccccc4C)C3=O)cc2Cl)cc1. The Labute approximate surface area is 206 Å². The highest BCUT2D eigenvalue weighted by atomic mass is 35.5. The Morgan fingerprint density at radius 1 is 1.06 bits per heavy atom. The molecular formula is C26H20ClNO5S. The molecule has 1 aliphatic heterocycles. The second-order valence-electron chi connectivity index (χ2n) is 7.50. The van der Waals surface area contributed by atoms with Gasteiger partial charge in [-0.05, 0) is 77.9 Å². The van der Waals surface area contributed by atoms with E-state index < -0.39 is 5.97 Å². The van der Waals surface area contributed by atoms with Crippen LogP contribution < -0.4 is 9.47 Å². The fourth-order valence-corrected chi connectivity index (χ4v) is 4.39. The molecule has 1 heterocycles. The molecule has 0 aromatic heterocycles. The molecule has 2 amide bonds. The first-order valence-corrected chi connectivity index (χ1v) is 11.5. The highest BCUT2D eigenvalue weighted by Gasteiger charge is 2.35. The van der Waals surface area contributed by atoms with Crippen LogP contribution in [0.5, 0.6) is 11.5 Å². The van der Waals surface area contributed by atoms with Gasteiger partial charge in [-0.25, -0.2) is 4.79 Å². The number of hydrogen-bond donors (Lipinski definition) is 0. The van der Waals surface area contributed by atoms with Gasteiger partial charge in [0.25, 0.3) is 11.1 Å². The van der Waals surface area contributed by atoms with Gasteiger partial charge in [0.05, 0.1) is 29.1 Å². The van der Waals surface area contributed by atoms with E-state index in [2.05, 4.69) is 0 Å². The second-order valence-corrected chi connectivity index (χ2v) is 8.90. The lowest BCUT2D eigenvalue weighted by molar-refractivity contribution is -0.123. The van der Waals surface area contributed by atoms with E-state index in [4.69, 9.17) is 21.1 Å². The van der Waals surface area contributed by atoms with Crippen molar-refractivity contribution in [2.24, 2.45) is 0 Å². The summed E-state index contributed by atoms with van der Waals surface area (Å²) in [7, 11) is 1.54. The van der Waals surface area contributed by atoms with E-state index in [1.54, 1.807) is 55.7 Å². The normalized spacial score (nSPS) is 14.6. The zero-order valence-corrected chi connectivity index (χ0v) is 20.0. The molecule has 0 atom stereocenters. The first kappa shape index (κ1) is 23.6. The summed E-state index contributed by atoms with van der Waals surface area (Å²) in [5, 5.41) is -0.120. The van der Waals surface area contributed by atoms with E-state index in [-0.39, 0.29) is 28.5 Å². The zero-order valence-electron chi connectivity index (χ0n) is 18.4. The molecule has 34 heavy (non-hydrogen) atoms. The van der Waals surface area contributed by atoms with Crippen LogP contribution in [0.4, 0.5) is 4.79 Å². The molecule has 0 radical (unpaired) electrons. The third-order valence-corrected chi connectivity index (χ3v) is 6.45. The largest absolute Gasteiger partial charge is 0.497 e. The molecule has 4 rings (SSSR count). The maximum atomic E-state index is 12.8. The fraction of sp³-hybridized carbons (Fsp3) is 0.115. The van der Waals surface area contributed by atoms with Crippen molar-refractivity contribution in [1.29, 1.82) is 0 Å². The number of esters is 1. The molecule has 0 aliphatic carbocycles. The molecule has 0 bridgehead atoms. The third kappa shape index (κ3) is 5.16. The van der Waals surface area contributed by atoms with Gasteiger partial charge in [0.1, 0.15) is 11.5 Å². The van der Waals surface area contributed by atoms with Gasteiger partial charge in [-0.1, -0.05) is 41.9 Å². The van der Waals surface area contributed by atoms with Crippen LogP contribution in [0.1, 0.15) is 27.0 Å². The molecule has 3 aromatic carbocycles. The van der Waals surface area contributed by atoms with Crippen LogP contribution in [0.3, 0.4) is 0 Å². The number of amides is 2. The molecule has 6 nitrogen and oxygen atoms in total. The number of nitrogens with zero attached hydrogens (tertiary/aromatic N) is 1. The number of aryl methyl sites for hydroxylation is 1. The minimum atomic E-state index is -0.561. The van der Waals surface area contributed by atoms with Crippen LogP contribution in [0.15, 0.2) is 71.6 Å². The topological polar surface area (TPSA) is 72.9 Å². The van der Waals surface area contributed by atoms with Gasteiger partial charge >= 0.3 is 5.97 Å². The molecule has 1 saturated heterocycles. The molecular weight excluding hydrogens is 474 g/mol. The van der Waals surface area contributed by atoms with Crippen molar-refractivity contribution in [3.8, 4) is 11.5 Å². The summed E-state index contributed by atoms with van der Waals surface area (Å²) in [4.78, 5) is 39.2. The Balaban J connectivity index is 1.47. The minimum absolute atomic E-state index is 0.187. The molecule has 8 heteroatoms. The molecule has 172 valence electrons. The summed E-state index contributed by atoms with van der Waals surface area (Å²) >= 11 is 7.20. The van der Waals surface area contributed by atoms with Crippen molar-refractivity contribution >= 4 is 46.6 Å². The first-order valence-electron chi connectivity index (χ1n) is 10.3. The van der Waals surface area contributed by atoms with E-state index in [1.807, 2.05) is 31.2 Å². The van der Waals surface area contributed by atoms with Crippen LogP contribution >= 0.6 is 23.4 Å². The number of rotatable bonds is 6. The number of hydrogen-bond acceptors (Lipinski definition) is 6. The Morgan fingerprint density at radius 2 is 1.79 bits per heavy atom. The highest BCUT2D eigenvalue weighted by Crippen LogP contribution is 2.35. The summed E-state index contributed by atoms with van der Waals surface area (Å²) in [6, 6.07) is 18.9. The Kier molecular flexibility index (Phi) is 7.05. The average molecular weight is 494 g/mol. The monoisotopic (exact) mass is 493 g/mol. The first-order chi connectivity index (χ1) is 16.4. The van der Waals surface area contributed by atoms with Crippen LogP contribution in [0.2, 0.25) is 5.02 Å². The summed E-state index contributed by atoms with van der Waals surface area (Å²) < 4.78 is 10.5.